The Bertz CT molecular complexity index is 411. The molecule has 0 aliphatic carbocycles. The van der Waals surface area contributed by atoms with E-state index in [0.717, 1.165) is 11.3 Å². The fourth-order valence-electron chi connectivity index (χ4n) is 1.79. The van der Waals surface area contributed by atoms with E-state index in [1.165, 1.54) is 0 Å². The van der Waals surface area contributed by atoms with Crippen LogP contribution in [0.5, 0.6) is 11.5 Å². The van der Waals surface area contributed by atoms with Gasteiger partial charge in [0.15, 0.2) is 11.5 Å². The molecule has 0 unspecified atom stereocenters. The maximum atomic E-state index is 11.4. The summed E-state index contributed by atoms with van der Waals surface area (Å²) in [5.74, 6) is 1.15. The Hall–Kier alpha value is -1.71. The van der Waals surface area contributed by atoms with Gasteiger partial charge in [0.25, 0.3) is 0 Å². The van der Waals surface area contributed by atoms with E-state index in [-0.39, 0.29) is 12.8 Å². The highest BCUT2D eigenvalue weighted by Crippen LogP contribution is 2.39. The zero-order chi connectivity index (χ0) is 9.54. The molecule has 0 N–H and O–H groups in total. The number of esters is 1. The van der Waals surface area contributed by atoms with Crippen LogP contribution in [-0.2, 0) is 11.2 Å². The summed E-state index contributed by atoms with van der Waals surface area (Å²) in [5.41, 5.74) is 1.51. The molecule has 0 aromatic heterocycles. The number of fused-ring (bicyclic) bond motifs is 3. The quantitative estimate of drug-likeness (QED) is 0.578. The fraction of sp³-hybridized carbons (Fsp3) is 0.300. The van der Waals surface area contributed by atoms with Crippen molar-refractivity contribution in [1.29, 1.82) is 0 Å². The minimum absolute atomic E-state index is 0.237. The van der Waals surface area contributed by atoms with Crippen LogP contribution in [-0.4, -0.2) is 19.4 Å². The summed E-state index contributed by atoms with van der Waals surface area (Å²) < 4.78 is 15.5. The SMILES string of the molecule is O=C1OCCc2c1ccc1c2OCO1. The van der Waals surface area contributed by atoms with Crippen LogP contribution in [0.3, 0.4) is 0 Å². The second-order valence-electron chi connectivity index (χ2n) is 3.21. The summed E-state index contributed by atoms with van der Waals surface area (Å²) in [6.45, 7) is 0.659. The first-order valence-corrected chi connectivity index (χ1v) is 4.45. The molecular formula is C10H8O4. The first-order chi connectivity index (χ1) is 6.86. The largest absolute Gasteiger partial charge is 0.462 e. The van der Waals surface area contributed by atoms with Crippen molar-refractivity contribution >= 4 is 5.97 Å². The second-order valence-corrected chi connectivity index (χ2v) is 3.21. The summed E-state index contributed by atoms with van der Waals surface area (Å²) in [7, 11) is 0. The summed E-state index contributed by atoms with van der Waals surface area (Å²) in [4.78, 5) is 11.4. The van der Waals surface area contributed by atoms with Gasteiger partial charge in [0, 0.05) is 12.0 Å². The number of hydrogen-bond acceptors (Lipinski definition) is 4. The lowest BCUT2D eigenvalue weighted by molar-refractivity contribution is 0.0478. The lowest BCUT2D eigenvalue weighted by Gasteiger charge is -2.16. The molecule has 4 nitrogen and oxygen atoms in total. The summed E-state index contributed by atoms with van der Waals surface area (Å²) in [6.07, 6.45) is 0.702. The van der Waals surface area contributed by atoms with E-state index in [1.807, 2.05) is 0 Å². The molecule has 0 spiro atoms. The van der Waals surface area contributed by atoms with Crippen LogP contribution < -0.4 is 9.47 Å². The van der Waals surface area contributed by atoms with E-state index >= 15 is 0 Å². The lowest BCUT2D eigenvalue weighted by atomic mass is 10.0. The Morgan fingerprint density at radius 1 is 1.14 bits per heavy atom. The van der Waals surface area contributed by atoms with Crippen LogP contribution in [0, 0.1) is 0 Å². The molecule has 2 aliphatic rings. The normalized spacial score (nSPS) is 17.6. The molecule has 1 aromatic rings. The highest BCUT2D eigenvalue weighted by atomic mass is 16.7. The van der Waals surface area contributed by atoms with Crippen molar-refractivity contribution in [3.05, 3.63) is 23.3 Å². The van der Waals surface area contributed by atoms with E-state index in [9.17, 15) is 4.79 Å². The Morgan fingerprint density at radius 3 is 3.00 bits per heavy atom. The van der Waals surface area contributed by atoms with Gasteiger partial charge in [0.1, 0.15) is 0 Å². The van der Waals surface area contributed by atoms with Crippen molar-refractivity contribution in [1.82, 2.24) is 0 Å². The van der Waals surface area contributed by atoms with Gasteiger partial charge in [-0.3, -0.25) is 0 Å². The van der Waals surface area contributed by atoms with Gasteiger partial charge in [0.05, 0.1) is 12.2 Å². The summed E-state index contributed by atoms with van der Waals surface area (Å²) in [6, 6.07) is 3.47. The zero-order valence-corrected chi connectivity index (χ0v) is 7.41. The van der Waals surface area contributed by atoms with E-state index in [1.54, 1.807) is 12.1 Å². The average Bonchev–Trinajstić information content (AvgIpc) is 2.66. The standard InChI is InChI=1S/C10H8O4/c11-10-7-1-2-8-9(14-5-13-8)6(7)3-4-12-10/h1-2H,3-5H2. The molecule has 3 rings (SSSR count). The van der Waals surface area contributed by atoms with Crippen LogP contribution in [0.4, 0.5) is 0 Å². The van der Waals surface area contributed by atoms with Crippen LogP contribution in [0.2, 0.25) is 0 Å². The molecule has 0 saturated carbocycles. The molecular weight excluding hydrogens is 184 g/mol. The number of rotatable bonds is 0. The third-order valence-electron chi connectivity index (χ3n) is 2.45. The number of cyclic esters (lactones) is 1. The molecule has 1 aromatic carbocycles. The molecule has 0 atom stereocenters. The summed E-state index contributed by atoms with van der Waals surface area (Å²) >= 11 is 0. The van der Waals surface area contributed by atoms with Crippen LogP contribution in [0.15, 0.2) is 12.1 Å². The number of carbonyl (C=O) groups excluding carboxylic acids is 1. The first-order valence-electron chi connectivity index (χ1n) is 4.45. The molecule has 0 saturated heterocycles. The van der Waals surface area contributed by atoms with Gasteiger partial charge in [-0.1, -0.05) is 0 Å². The minimum Gasteiger partial charge on any atom is -0.462 e. The maximum absolute atomic E-state index is 11.4. The maximum Gasteiger partial charge on any atom is 0.338 e. The van der Waals surface area contributed by atoms with Crippen molar-refractivity contribution in [2.24, 2.45) is 0 Å². The third kappa shape index (κ3) is 0.907. The minimum atomic E-state index is -0.274. The monoisotopic (exact) mass is 192 g/mol. The molecule has 2 aliphatic heterocycles. The molecule has 14 heavy (non-hydrogen) atoms. The molecule has 0 fully saturated rings. The molecule has 0 bridgehead atoms. The Kier molecular flexibility index (Phi) is 1.45. The Morgan fingerprint density at radius 2 is 2.07 bits per heavy atom. The smallest absolute Gasteiger partial charge is 0.338 e. The zero-order valence-electron chi connectivity index (χ0n) is 7.41. The van der Waals surface area contributed by atoms with E-state index in [0.29, 0.717) is 24.3 Å². The Balaban J connectivity index is 2.22. The van der Waals surface area contributed by atoms with Crippen molar-refractivity contribution in [3.63, 3.8) is 0 Å². The van der Waals surface area contributed by atoms with Gasteiger partial charge >= 0.3 is 5.97 Å². The van der Waals surface area contributed by atoms with Gasteiger partial charge in [-0.15, -0.1) is 0 Å². The number of benzene rings is 1. The van der Waals surface area contributed by atoms with Crippen LogP contribution in [0.1, 0.15) is 15.9 Å². The van der Waals surface area contributed by atoms with E-state index < -0.39 is 0 Å². The topological polar surface area (TPSA) is 44.8 Å². The van der Waals surface area contributed by atoms with E-state index in [4.69, 9.17) is 14.2 Å². The second kappa shape index (κ2) is 2.64. The molecule has 0 radical (unpaired) electrons. The van der Waals surface area contributed by atoms with E-state index in [2.05, 4.69) is 0 Å². The fourth-order valence-corrected chi connectivity index (χ4v) is 1.79. The van der Waals surface area contributed by atoms with Crippen LogP contribution >= 0.6 is 0 Å². The molecule has 2 heterocycles. The van der Waals surface area contributed by atoms with Crippen molar-refractivity contribution in [3.8, 4) is 11.5 Å². The predicted molar refractivity (Wildman–Crippen MR) is 46.6 cm³/mol. The van der Waals surface area contributed by atoms with Crippen molar-refractivity contribution in [2.75, 3.05) is 13.4 Å². The van der Waals surface area contributed by atoms with Gasteiger partial charge in [0.2, 0.25) is 6.79 Å². The Labute approximate surface area is 80.4 Å². The van der Waals surface area contributed by atoms with Crippen molar-refractivity contribution < 1.29 is 19.0 Å². The van der Waals surface area contributed by atoms with Gasteiger partial charge < -0.3 is 14.2 Å². The number of hydrogen-bond donors (Lipinski definition) is 0. The van der Waals surface area contributed by atoms with Crippen molar-refractivity contribution in [2.45, 2.75) is 6.42 Å². The average molecular weight is 192 g/mol. The molecule has 4 heteroatoms. The highest BCUT2D eigenvalue weighted by molar-refractivity contribution is 5.93. The third-order valence-corrected chi connectivity index (χ3v) is 2.45. The number of ether oxygens (including phenoxy) is 3. The van der Waals surface area contributed by atoms with Gasteiger partial charge in [-0.2, -0.15) is 0 Å². The summed E-state index contributed by atoms with van der Waals surface area (Å²) in [5, 5.41) is 0. The lowest BCUT2D eigenvalue weighted by Crippen LogP contribution is -2.17. The molecule has 0 amide bonds. The van der Waals surface area contributed by atoms with Gasteiger partial charge in [-0.05, 0) is 12.1 Å². The first kappa shape index (κ1) is 7.67. The predicted octanol–water partition coefficient (Wildman–Crippen LogP) is 1.13. The van der Waals surface area contributed by atoms with Gasteiger partial charge in [-0.25, -0.2) is 4.79 Å². The highest BCUT2D eigenvalue weighted by Gasteiger charge is 2.27. The number of carbonyl (C=O) groups is 1. The van der Waals surface area contributed by atoms with Crippen LogP contribution in [0.25, 0.3) is 0 Å². The molecule has 72 valence electrons.